The van der Waals surface area contributed by atoms with Crippen LogP contribution in [0.4, 0.5) is 0 Å². The molecule has 2 aromatic heterocycles. The summed E-state index contributed by atoms with van der Waals surface area (Å²) in [6.07, 6.45) is 5.80. The molecule has 0 spiro atoms. The molecule has 2 aliphatic heterocycles. The molecule has 0 amide bonds. The van der Waals surface area contributed by atoms with Crippen LogP contribution >= 0.6 is 0 Å². The summed E-state index contributed by atoms with van der Waals surface area (Å²) in [4.78, 5) is 18.6. The highest BCUT2D eigenvalue weighted by atomic mass is 16.5. The van der Waals surface area contributed by atoms with Gasteiger partial charge in [-0.25, -0.2) is 9.50 Å². The maximum Gasteiger partial charge on any atom is 0.310 e. The molecule has 2 fully saturated rings. The molecule has 5 rings (SSSR count). The minimum absolute atomic E-state index is 0.0411. The average molecular weight is 334 g/mol. The summed E-state index contributed by atoms with van der Waals surface area (Å²) in [5, 5.41) is 4.46. The van der Waals surface area contributed by atoms with Crippen molar-refractivity contribution in [2.45, 2.75) is 6.54 Å². The van der Waals surface area contributed by atoms with E-state index in [4.69, 9.17) is 4.74 Å². The number of nitrogens with zero attached hydrogens (tertiary/aromatic N) is 4. The first-order valence-electron chi connectivity index (χ1n) is 8.54. The van der Waals surface area contributed by atoms with E-state index in [-0.39, 0.29) is 11.9 Å². The molecule has 0 radical (unpaired) electrons. The van der Waals surface area contributed by atoms with Crippen LogP contribution in [-0.2, 0) is 16.1 Å². The third-order valence-electron chi connectivity index (χ3n) is 5.16. The van der Waals surface area contributed by atoms with Crippen molar-refractivity contribution in [2.75, 3.05) is 19.7 Å². The first-order valence-corrected chi connectivity index (χ1v) is 8.54. The second kappa shape index (κ2) is 5.67. The first kappa shape index (κ1) is 14.6. The van der Waals surface area contributed by atoms with E-state index >= 15 is 0 Å². The third-order valence-corrected chi connectivity index (χ3v) is 5.16. The van der Waals surface area contributed by atoms with Crippen LogP contribution in [-0.4, -0.2) is 45.2 Å². The number of ether oxygens (including phenoxy) is 1. The zero-order valence-electron chi connectivity index (χ0n) is 13.7. The molecule has 0 aliphatic carbocycles. The maximum atomic E-state index is 11.7. The van der Waals surface area contributed by atoms with E-state index in [2.05, 4.69) is 27.1 Å². The molecule has 126 valence electrons. The normalized spacial score (nSPS) is 23.1. The second-order valence-corrected chi connectivity index (χ2v) is 6.85. The fraction of sp³-hybridized carbons (Fsp3) is 0.316. The lowest BCUT2D eigenvalue weighted by molar-refractivity contribution is -0.141. The summed E-state index contributed by atoms with van der Waals surface area (Å²) in [5.74, 6) is 0.352. The number of benzene rings is 1. The van der Waals surface area contributed by atoms with Gasteiger partial charge in [0.05, 0.1) is 18.7 Å². The lowest BCUT2D eigenvalue weighted by Crippen LogP contribution is -2.23. The topological polar surface area (TPSA) is 59.7 Å². The second-order valence-electron chi connectivity index (χ2n) is 6.85. The van der Waals surface area contributed by atoms with Crippen molar-refractivity contribution >= 4 is 11.6 Å². The molecule has 2 aliphatic rings. The Morgan fingerprint density at radius 1 is 1.16 bits per heavy atom. The number of hydrogen-bond acceptors (Lipinski definition) is 5. The lowest BCUT2D eigenvalue weighted by atomic mass is 10.0. The Labute approximate surface area is 145 Å². The molecular formula is C19H18N4O2. The van der Waals surface area contributed by atoms with Crippen LogP contribution in [0.2, 0.25) is 0 Å². The van der Waals surface area contributed by atoms with E-state index in [0.29, 0.717) is 12.5 Å². The first-order chi connectivity index (χ1) is 12.3. The van der Waals surface area contributed by atoms with Crippen molar-refractivity contribution in [3.8, 4) is 11.1 Å². The van der Waals surface area contributed by atoms with Crippen LogP contribution in [0.15, 0.2) is 48.9 Å². The van der Waals surface area contributed by atoms with Gasteiger partial charge in [0.2, 0.25) is 0 Å². The van der Waals surface area contributed by atoms with Gasteiger partial charge in [0.25, 0.3) is 0 Å². The molecule has 6 heteroatoms. The molecule has 3 aromatic rings. The molecule has 2 atom stereocenters. The minimum Gasteiger partial charge on any atom is -0.465 e. The quantitative estimate of drug-likeness (QED) is 0.686. The number of likely N-dealkylation sites (tertiary alicyclic amines) is 1. The van der Waals surface area contributed by atoms with Gasteiger partial charge < -0.3 is 4.74 Å². The fourth-order valence-corrected chi connectivity index (χ4v) is 3.90. The molecule has 0 unspecified atom stereocenters. The number of fused-ring (bicyclic) bond motifs is 2. The largest absolute Gasteiger partial charge is 0.465 e. The van der Waals surface area contributed by atoms with Crippen LogP contribution in [0.3, 0.4) is 0 Å². The van der Waals surface area contributed by atoms with E-state index < -0.39 is 0 Å². The van der Waals surface area contributed by atoms with E-state index in [0.717, 1.165) is 42.0 Å². The predicted octanol–water partition coefficient (Wildman–Crippen LogP) is 2.00. The van der Waals surface area contributed by atoms with Gasteiger partial charge in [-0.15, -0.1) is 0 Å². The van der Waals surface area contributed by atoms with Gasteiger partial charge in [-0.3, -0.25) is 9.69 Å². The van der Waals surface area contributed by atoms with E-state index in [1.54, 1.807) is 0 Å². The molecule has 6 nitrogen and oxygen atoms in total. The smallest absolute Gasteiger partial charge is 0.310 e. The molecule has 2 saturated heterocycles. The molecule has 25 heavy (non-hydrogen) atoms. The van der Waals surface area contributed by atoms with Crippen LogP contribution in [0.25, 0.3) is 16.8 Å². The van der Waals surface area contributed by atoms with Gasteiger partial charge in [-0.2, -0.15) is 5.10 Å². The van der Waals surface area contributed by atoms with Crippen molar-refractivity contribution < 1.29 is 9.53 Å². The highest BCUT2D eigenvalue weighted by molar-refractivity contribution is 5.77. The number of esters is 1. The highest BCUT2D eigenvalue weighted by Gasteiger charge is 2.43. The summed E-state index contributed by atoms with van der Waals surface area (Å²) in [6.45, 7) is 3.03. The Balaban J connectivity index is 1.38. The monoisotopic (exact) mass is 334 g/mol. The lowest BCUT2D eigenvalue weighted by Gasteiger charge is -2.16. The van der Waals surface area contributed by atoms with Gasteiger partial charge in [0.1, 0.15) is 0 Å². The summed E-state index contributed by atoms with van der Waals surface area (Å²) in [6, 6.07) is 10.2. The van der Waals surface area contributed by atoms with Crippen LogP contribution in [0.5, 0.6) is 0 Å². The number of hydrogen-bond donors (Lipinski definition) is 0. The Kier molecular flexibility index (Phi) is 3.31. The molecule has 0 saturated carbocycles. The molecule has 1 aromatic carbocycles. The number of carbonyl (C=O) groups excluding carboxylic acids is 1. The van der Waals surface area contributed by atoms with Crippen molar-refractivity contribution in [3.63, 3.8) is 0 Å². The molecule has 4 heterocycles. The van der Waals surface area contributed by atoms with Crippen molar-refractivity contribution in [2.24, 2.45) is 11.8 Å². The van der Waals surface area contributed by atoms with Crippen LogP contribution in [0.1, 0.15) is 5.56 Å². The van der Waals surface area contributed by atoms with Crippen molar-refractivity contribution in [3.05, 3.63) is 54.5 Å². The van der Waals surface area contributed by atoms with Gasteiger partial charge >= 0.3 is 5.97 Å². The standard InChI is InChI=1S/C19H18N4O2/c24-19-17-11-22(10-15(17)12-25-19)8-13-6-20-18-16(7-21-23(18)9-13)14-4-2-1-3-5-14/h1-7,9,15,17H,8,10-12H2/t15-,17-/m1/s1. The van der Waals surface area contributed by atoms with E-state index in [1.165, 1.54) is 0 Å². The average Bonchev–Trinajstić information content (AvgIpc) is 3.32. The van der Waals surface area contributed by atoms with E-state index in [1.807, 2.05) is 41.3 Å². The number of rotatable bonds is 3. The van der Waals surface area contributed by atoms with Gasteiger partial charge in [-0.05, 0) is 5.56 Å². The molecule has 0 N–H and O–H groups in total. The van der Waals surface area contributed by atoms with Gasteiger partial charge in [-0.1, -0.05) is 30.3 Å². The SMILES string of the molecule is O=C1OC[C@H]2CN(Cc3cnc4c(-c5ccccc5)cnn4c3)C[C@@H]12. The summed E-state index contributed by atoms with van der Waals surface area (Å²) in [5.41, 5.74) is 4.11. The maximum absolute atomic E-state index is 11.7. The van der Waals surface area contributed by atoms with Gasteiger partial charge in [0, 0.05) is 49.1 Å². The van der Waals surface area contributed by atoms with Crippen LogP contribution in [0, 0.1) is 11.8 Å². The van der Waals surface area contributed by atoms with Crippen LogP contribution < -0.4 is 0 Å². The number of aromatic nitrogens is 3. The zero-order chi connectivity index (χ0) is 16.8. The summed E-state index contributed by atoms with van der Waals surface area (Å²) >= 11 is 0. The van der Waals surface area contributed by atoms with E-state index in [9.17, 15) is 4.79 Å². The Bertz CT molecular complexity index is 937. The van der Waals surface area contributed by atoms with Gasteiger partial charge in [0.15, 0.2) is 5.65 Å². The number of cyclic esters (lactones) is 1. The highest BCUT2D eigenvalue weighted by Crippen LogP contribution is 2.31. The predicted molar refractivity (Wildman–Crippen MR) is 91.6 cm³/mol. The Morgan fingerprint density at radius 2 is 2.04 bits per heavy atom. The van der Waals surface area contributed by atoms with Crippen molar-refractivity contribution in [1.29, 1.82) is 0 Å². The molecular weight excluding hydrogens is 316 g/mol. The zero-order valence-corrected chi connectivity index (χ0v) is 13.7. The minimum atomic E-state index is -0.0411. The van der Waals surface area contributed by atoms with Crippen molar-refractivity contribution in [1.82, 2.24) is 19.5 Å². The third kappa shape index (κ3) is 2.49. The Hall–Kier alpha value is -2.73. The molecule has 0 bridgehead atoms. The Morgan fingerprint density at radius 3 is 2.88 bits per heavy atom. The summed E-state index contributed by atoms with van der Waals surface area (Å²) < 4.78 is 6.96. The summed E-state index contributed by atoms with van der Waals surface area (Å²) in [7, 11) is 0. The fourth-order valence-electron chi connectivity index (χ4n) is 3.90. The number of carbonyl (C=O) groups is 1.